The topological polar surface area (TPSA) is 95.2 Å². The van der Waals surface area contributed by atoms with Gasteiger partial charge in [-0.15, -0.1) is 0 Å². The molecule has 1 aromatic heterocycles. The molecule has 40 heavy (non-hydrogen) atoms. The number of aromatic nitrogens is 2. The molecule has 7 nitrogen and oxygen atoms in total. The highest BCUT2D eigenvalue weighted by Gasteiger charge is 2.35. The number of alkyl halides is 3. The molecule has 2 N–H and O–H groups in total. The van der Waals surface area contributed by atoms with E-state index < -0.39 is 33.8 Å². The third-order valence-electron chi connectivity index (χ3n) is 6.62. The van der Waals surface area contributed by atoms with E-state index in [0.717, 1.165) is 41.6 Å². The molecule has 3 aromatic carbocycles. The number of carbonyl (C=O) groups excluding carboxylic acids is 1. The van der Waals surface area contributed by atoms with E-state index in [1.165, 1.54) is 22.7 Å². The van der Waals surface area contributed by atoms with Crippen LogP contribution in [0.2, 0.25) is 0 Å². The largest absolute Gasteiger partial charge is 0.416 e. The summed E-state index contributed by atoms with van der Waals surface area (Å²) in [6.45, 7) is 0.380. The van der Waals surface area contributed by atoms with Crippen LogP contribution in [-0.2, 0) is 27.4 Å². The van der Waals surface area contributed by atoms with Gasteiger partial charge in [0.05, 0.1) is 28.9 Å². The lowest BCUT2D eigenvalue weighted by atomic mass is 10.0. The Morgan fingerprint density at radius 2 is 1.62 bits per heavy atom. The van der Waals surface area contributed by atoms with Crippen molar-refractivity contribution in [2.75, 3.05) is 12.8 Å². The molecule has 0 spiro atoms. The Bertz CT molecular complexity index is 1480. The van der Waals surface area contributed by atoms with Crippen LogP contribution < -0.4 is 5.32 Å². The number of hydrogen-bond donors (Lipinski definition) is 2. The van der Waals surface area contributed by atoms with Crippen molar-refractivity contribution in [3.63, 3.8) is 0 Å². The predicted molar refractivity (Wildman–Crippen MR) is 148 cm³/mol. The molecule has 1 amide bonds. The van der Waals surface area contributed by atoms with Crippen molar-refractivity contribution in [2.45, 2.75) is 43.9 Å². The predicted octanol–water partition coefficient (Wildman–Crippen LogP) is 5.48. The number of nitrogens with zero attached hydrogens (tertiary/aromatic N) is 2. The second kappa shape index (κ2) is 12.6. The normalized spacial score (nSPS) is 17.1. The first-order chi connectivity index (χ1) is 19.0. The number of nitrogens with one attached hydrogen (secondary N) is 2. The van der Waals surface area contributed by atoms with Gasteiger partial charge in [0, 0.05) is 6.54 Å². The van der Waals surface area contributed by atoms with E-state index in [9.17, 15) is 26.4 Å². The van der Waals surface area contributed by atoms with Crippen LogP contribution in [0.25, 0.3) is 11.0 Å². The monoisotopic (exact) mass is 572 g/mol. The summed E-state index contributed by atoms with van der Waals surface area (Å²) in [5.74, 6) is 0.386. The number of benzene rings is 3. The molecule has 1 aliphatic rings. The summed E-state index contributed by atoms with van der Waals surface area (Å²) in [6.07, 6.45) is -0.360. The molecule has 4 aromatic rings. The Morgan fingerprint density at radius 3 is 2.23 bits per heavy atom. The Hall–Kier alpha value is -3.70. The van der Waals surface area contributed by atoms with Crippen LogP contribution in [0, 0.1) is 0 Å². The van der Waals surface area contributed by atoms with Crippen LogP contribution in [0.3, 0.4) is 0 Å². The Kier molecular flexibility index (Phi) is 9.26. The van der Waals surface area contributed by atoms with Crippen LogP contribution in [0.5, 0.6) is 0 Å². The minimum absolute atomic E-state index is 0.276. The molecule has 1 fully saturated rings. The van der Waals surface area contributed by atoms with Crippen molar-refractivity contribution < 1.29 is 26.4 Å². The van der Waals surface area contributed by atoms with Crippen molar-refractivity contribution in [2.24, 2.45) is 0 Å². The number of para-hydroxylation sites is 2. The number of H-pyrrole nitrogens is 1. The van der Waals surface area contributed by atoms with Crippen LogP contribution >= 0.6 is 0 Å². The highest BCUT2D eigenvalue weighted by molar-refractivity contribution is 7.88. The van der Waals surface area contributed by atoms with E-state index in [1.54, 1.807) is 6.07 Å². The minimum Gasteiger partial charge on any atom is -0.344 e. The number of hydrogen-bond acceptors (Lipinski definition) is 4. The maximum absolute atomic E-state index is 13.2. The maximum atomic E-state index is 13.2. The first kappa shape index (κ1) is 29.3. The first-order valence-electron chi connectivity index (χ1n) is 12.9. The van der Waals surface area contributed by atoms with Gasteiger partial charge in [0.2, 0.25) is 15.9 Å². The molecule has 212 valence electrons. The number of imidazole rings is 1. The number of halogens is 3. The van der Waals surface area contributed by atoms with Gasteiger partial charge in [-0.1, -0.05) is 79.2 Å². The van der Waals surface area contributed by atoms with Crippen molar-refractivity contribution in [1.82, 2.24) is 19.6 Å². The van der Waals surface area contributed by atoms with Crippen LogP contribution in [0.15, 0.2) is 84.9 Å². The molecule has 1 saturated heterocycles. The van der Waals surface area contributed by atoms with Crippen molar-refractivity contribution >= 4 is 27.0 Å². The molecule has 11 heteroatoms. The van der Waals surface area contributed by atoms with E-state index in [4.69, 9.17) is 0 Å². The zero-order chi connectivity index (χ0) is 28.8. The van der Waals surface area contributed by atoms with Gasteiger partial charge in [-0.05, 0) is 37.0 Å². The number of carbonyl (C=O) groups is 1. The minimum atomic E-state index is -4.21. The van der Waals surface area contributed by atoms with Crippen molar-refractivity contribution in [3.8, 4) is 0 Å². The van der Waals surface area contributed by atoms with E-state index >= 15 is 0 Å². The number of sulfonamides is 1. The lowest BCUT2D eigenvalue weighted by Crippen LogP contribution is -2.52. The van der Waals surface area contributed by atoms with Crippen LogP contribution in [0.1, 0.15) is 42.3 Å². The molecule has 5 rings (SSSR count). The van der Waals surface area contributed by atoms with E-state index in [1.807, 2.05) is 54.6 Å². The Morgan fingerprint density at radius 1 is 1.00 bits per heavy atom. The summed E-state index contributed by atoms with van der Waals surface area (Å²) >= 11 is 0. The van der Waals surface area contributed by atoms with Gasteiger partial charge in [0.25, 0.3) is 0 Å². The molecular formula is C29H31F3N4O3S. The van der Waals surface area contributed by atoms with Gasteiger partial charge in [0.1, 0.15) is 11.9 Å². The number of fused-ring (bicyclic) bond motifs is 1. The maximum Gasteiger partial charge on any atom is 0.416 e. The summed E-state index contributed by atoms with van der Waals surface area (Å²) in [5, 5.41) is 3.08. The zero-order valence-electron chi connectivity index (χ0n) is 21.9. The lowest BCUT2D eigenvalue weighted by Gasteiger charge is -2.33. The number of aromatic amines is 1. The molecule has 2 atom stereocenters. The van der Waals surface area contributed by atoms with E-state index in [0.29, 0.717) is 25.2 Å². The molecule has 1 aliphatic heterocycles. The summed E-state index contributed by atoms with van der Waals surface area (Å²) in [7, 11) is -3.45. The third kappa shape index (κ3) is 7.70. The first-order valence-corrected chi connectivity index (χ1v) is 14.7. The smallest absolute Gasteiger partial charge is 0.344 e. The molecule has 0 saturated carbocycles. The van der Waals surface area contributed by atoms with Gasteiger partial charge >= 0.3 is 6.18 Å². The molecule has 0 bridgehead atoms. The van der Waals surface area contributed by atoms with Gasteiger partial charge in [0.15, 0.2) is 0 Å². The number of rotatable bonds is 6. The molecule has 0 aliphatic carbocycles. The highest BCUT2D eigenvalue weighted by Crippen LogP contribution is 2.28. The highest BCUT2D eigenvalue weighted by atomic mass is 32.2. The molecule has 0 radical (unpaired) electrons. The standard InChI is InChI=1S/C22H26N4O3S.C7H5F3/c1-30(28,29)26-14-8-7-13-20(26)22(27)25-19(15-16-9-3-2-4-10-16)21-23-17-11-5-6-12-18(17)24-21;8-7(9,10)6-4-2-1-3-5-6/h2-6,9-12,19-20H,7-8,13-15H2,1H3,(H,23,24)(H,25,27);1-5H/t19-,20-;/m0./s1. The SMILES string of the molecule is CS(=O)(=O)N1CCCC[C@H]1C(=O)N[C@@H](Cc1ccccc1)c1nc2ccccc2[nH]1.FC(F)(F)c1ccccc1. The summed E-state index contributed by atoms with van der Waals surface area (Å²) in [5.41, 5.74) is 2.19. The number of amides is 1. The van der Waals surface area contributed by atoms with Crippen molar-refractivity contribution in [1.29, 1.82) is 0 Å². The summed E-state index contributed by atoms with van der Waals surface area (Å²) in [6, 6.07) is 22.9. The lowest BCUT2D eigenvalue weighted by molar-refractivity contribution is -0.137. The third-order valence-corrected chi connectivity index (χ3v) is 7.91. The van der Waals surface area contributed by atoms with E-state index in [2.05, 4.69) is 15.3 Å². The fraction of sp³-hybridized carbons (Fsp3) is 0.310. The zero-order valence-corrected chi connectivity index (χ0v) is 22.8. The Labute approximate surface area is 231 Å². The summed E-state index contributed by atoms with van der Waals surface area (Å²) < 4.78 is 61.1. The fourth-order valence-corrected chi connectivity index (χ4v) is 5.79. The Balaban J connectivity index is 0.000000312. The number of piperidine rings is 1. The quantitative estimate of drug-likeness (QED) is 0.320. The van der Waals surface area contributed by atoms with Gasteiger partial charge < -0.3 is 10.3 Å². The van der Waals surface area contributed by atoms with Gasteiger partial charge in [-0.2, -0.15) is 17.5 Å². The van der Waals surface area contributed by atoms with Gasteiger partial charge in [-0.3, -0.25) is 4.79 Å². The second-order valence-corrected chi connectivity index (χ2v) is 11.6. The fourth-order valence-electron chi connectivity index (χ4n) is 4.66. The average Bonchev–Trinajstić information content (AvgIpc) is 3.38. The molecule has 0 unspecified atom stereocenters. The van der Waals surface area contributed by atoms with Crippen LogP contribution in [-0.4, -0.2) is 47.4 Å². The van der Waals surface area contributed by atoms with Gasteiger partial charge in [-0.25, -0.2) is 13.4 Å². The van der Waals surface area contributed by atoms with E-state index in [-0.39, 0.29) is 5.91 Å². The summed E-state index contributed by atoms with van der Waals surface area (Å²) in [4.78, 5) is 21.2. The molecular weight excluding hydrogens is 541 g/mol. The van der Waals surface area contributed by atoms with Crippen molar-refractivity contribution in [3.05, 3.63) is 102 Å². The molecule has 2 heterocycles. The van der Waals surface area contributed by atoms with Crippen LogP contribution in [0.4, 0.5) is 13.2 Å². The average molecular weight is 573 g/mol. The second-order valence-electron chi connectivity index (χ2n) is 9.64.